The lowest BCUT2D eigenvalue weighted by atomic mass is 9.84. The molecule has 1 aliphatic rings. The molecule has 1 saturated carbocycles. The molecule has 4 heteroatoms. The number of rotatable bonds is 4. The third-order valence-corrected chi connectivity index (χ3v) is 3.28. The fourth-order valence-corrected chi connectivity index (χ4v) is 2.10. The second kappa shape index (κ2) is 6.49. The van der Waals surface area contributed by atoms with Gasteiger partial charge < -0.3 is 10.1 Å². The zero-order valence-corrected chi connectivity index (χ0v) is 10.0. The number of hydrogen-bond acceptors (Lipinski definition) is 3. The number of nitrogens with zero attached hydrogens (tertiary/aromatic N) is 1. The first-order valence-corrected chi connectivity index (χ1v) is 5.91. The maximum absolute atomic E-state index is 11.6. The quantitative estimate of drug-likeness (QED) is 0.789. The van der Waals surface area contributed by atoms with Crippen molar-refractivity contribution in [3.63, 3.8) is 0 Å². The summed E-state index contributed by atoms with van der Waals surface area (Å²) in [5.74, 6) is 0.117. The highest BCUT2D eigenvalue weighted by atomic mass is 16.5. The molecule has 2 unspecified atom stereocenters. The lowest BCUT2D eigenvalue weighted by Crippen LogP contribution is -2.44. The van der Waals surface area contributed by atoms with E-state index in [4.69, 9.17) is 10.00 Å². The Morgan fingerprint density at radius 3 is 2.56 bits per heavy atom. The normalized spacial score (nSPS) is 20.8. The molecular formula is C12H20N2O2. The summed E-state index contributed by atoms with van der Waals surface area (Å²) in [7, 11) is 1.49. The molecule has 1 aliphatic carbocycles. The Balaban J connectivity index is 2.48. The van der Waals surface area contributed by atoms with Crippen LogP contribution < -0.4 is 5.32 Å². The predicted molar refractivity (Wildman–Crippen MR) is 60.6 cm³/mol. The molecular weight excluding hydrogens is 204 g/mol. The number of amides is 1. The van der Waals surface area contributed by atoms with Gasteiger partial charge in [0.05, 0.1) is 6.07 Å². The Bertz CT molecular complexity index is 267. The van der Waals surface area contributed by atoms with E-state index in [1.165, 1.54) is 26.4 Å². The van der Waals surface area contributed by atoms with Gasteiger partial charge in [0.2, 0.25) is 5.91 Å². The Hall–Kier alpha value is -1.08. The zero-order chi connectivity index (χ0) is 12.0. The molecule has 1 rings (SSSR count). The van der Waals surface area contributed by atoms with Gasteiger partial charge in [0, 0.05) is 7.11 Å². The first-order valence-electron chi connectivity index (χ1n) is 5.91. The highest BCUT2D eigenvalue weighted by molar-refractivity contribution is 5.80. The average molecular weight is 224 g/mol. The Kier molecular flexibility index (Phi) is 5.27. The SMILES string of the molecule is COC(C)C(=O)NC(C#N)C1CCCCC1. The minimum atomic E-state index is -0.487. The molecule has 90 valence electrons. The van der Waals surface area contributed by atoms with Gasteiger partial charge >= 0.3 is 0 Å². The van der Waals surface area contributed by atoms with Crippen molar-refractivity contribution >= 4 is 5.91 Å². The molecule has 0 radical (unpaired) electrons. The van der Waals surface area contributed by atoms with Crippen molar-refractivity contribution in [3.8, 4) is 6.07 Å². The van der Waals surface area contributed by atoms with Crippen molar-refractivity contribution in [3.05, 3.63) is 0 Å². The maximum Gasteiger partial charge on any atom is 0.249 e. The van der Waals surface area contributed by atoms with Crippen LogP contribution >= 0.6 is 0 Å². The van der Waals surface area contributed by atoms with Crippen LogP contribution in [0.25, 0.3) is 0 Å². The van der Waals surface area contributed by atoms with E-state index in [2.05, 4.69) is 11.4 Å². The van der Waals surface area contributed by atoms with Crippen LogP contribution in [0, 0.1) is 17.2 Å². The Morgan fingerprint density at radius 2 is 2.06 bits per heavy atom. The van der Waals surface area contributed by atoms with Crippen molar-refractivity contribution in [2.45, 2.75) is 51.2 Å². The minimum Gasteiger partial charge on any atom is -0.372 e. The van der Waals surface area contributed by atoms with Crippen LogP contribution in [-0.2, 0) is 9.53 Å². The molecule has 4 nitrogen and oxygen atoms in total. The molecule has 0 bridgehead atoms. The predicted octanol–water partition coefficient (Wildman–Crippen LogP) is 1.61. The standard InChI is InChI=1S/C12H20N2O2/c1-9(16-2)12(15)14-11(8-13)10-6-4-3-5-7-10/h9-11H,3-7H2,1-2H3,(H,14,15). The van der Waals surface area contributed by atoms with Gasteiger partial charge in [-0.3, -0.25) is 4.79 Å². The molecule has 0 aromatic rings. The molecule has 1 fully saturated rings. The molecule has 0 aromatic heterocycles. The van der Waals surface area contributed by atoms with Gasteiger partial charge in [0.1, 0.15) is 12.1 Å². The number of hydrogen-bond donors (Lipinski definition) is 1. The fourth-order valence-electron chi connectivity index (χ4n) is 2.10. The van der Waals surface area contributed by atoms with Crippen LogP contribution in [0.5, 0.6) is 0 Å². The van der Waals surface area contributed by atoms with E-state index in [-0.39, 0.29) is 11.9 Å². The van der Waals surface area contributed by atoms with Crippen molar-refractivity contribution < 1.29 is 9.53 Å². The summed E-state index contributed by atoms with van der Waals surface area (Å²) in [5.41, 5.74) is 0. The van der Waals surface area contributed by atoms with Gasteiger partial charge in [0.15, 0.2) is 0 Å². The summed E-state index contributed by atoms with van der Waals surface area (Å²) < 4.78 is 4.92. The number of carbonyl (C=O) groups excluding carboxylic acids is 1. The van der Waals surface area contributed by atoms with E-state index in [9.17, 15) is 4.79 Å². The molecule has 1 N–H and O–H groups in total. The fraction of sp³-hybridized carbons (Fsp3) is 0.833. The van der Waals surface area contributed by atoms with E-state index in [0.717, 1.165) is 12.8 Å². The summed E-state index contributed by atoms with van der Waals surface area (Å²) >= 11 is 0. The lowest BCUT2D eigenvalue weighted by Gasteiger charge is -2.27. The molecule has 0 saturated heterocycles. The van der Waals surface area contributed by atoms with Crippen molar-refractivity contribution in [1.82, 2.24) is 5.32 Å². The molecule has 1 amide bonds. The molecule has 2 atom stereocenters. The van der Waals surface area contributed by atoms with E-state index >= 15 is 0 Å². The van der Waals surface area contributed by atoms with Crippen LogP contribution in [0.4, 0.5) is 0 Å². The summed E-state index contributed by atoms with van der Waals surface area (Å²) in [6, 6.07) is 1.84. The number of nitriles is 1. The second-order valence-electron chi connectivity index (χ2n) is 4.39. The molecule has 16 heavy (non-hydrogen) atoms. The largest absolute Gasteiger partial charge is 0.372 e. The first kappa shape index (κ1) is 13.0. The molecule has 0 heterocycles. The van der Waals surface area contributed by atoms with E-state index in [1.54, 1.807) is 6.92 Å². The van der Waals surface area contributed by atoms with Gasteiger partial charge in [-0.05, 0) is 25.7 Å². The third-order valence-electron chi connectivity index (χ3n) is 3.28. The van der Waals surface area contributed by atoms with Crippen molar-refractivity contribution in [2.24, 2.45) is 5.92 Å². The first-order chi connectivity index (χ1) is 7.69. The van der Waals surface area contributed by atoms with Crippen molar-refractivity contribution in [1.29, 1.82) is 5.26 Å². The van der Waals surface area contributed by atoms with E-state index < -0.39 is 6.10 Å². The van der Waals surface area contributed by atoms with Crippen LogP contribution in [0.1, 0.15) is 39.0 Å². The summed E-state index contributed by atoms with van der Waals surface area (Å²) in [5, 5.41) is 11.8. The summed E-state index contributed by atoms with van der Waals surface area (Å²) in [6.45, 7) is 1.69. The second-order valence-corrected chi connectivity index (χ2v) is 4.39. The number of ether oxygens (including phenoxy) is 1. The zero-order valence-electron chi connectivity index (χ0n) is 10.0. The topological polar surface area (TPSA) is 62.1 Å². The highest BCUT2D eigenvalue weighted by Gasteiger charge is 2.26. The average Bonchev–Trinajstić information content (AvgIpc) is 2.35. The molecule has 0 aliphatic heterocycles. The van der Waals surface area contributed by atoms with Crippen molar-refractivity contribution in [2.75, 3.05) is 7.11 Å². The Labute approximate surface area is 97.0 Å². The van der Waals surface area contributed by atoms with Crippen LogP contribution in [0.2, 0.25) is 0 Å². The molecule has 0 spiro atoms. The monoisotopic (exact) mass is 224 g/mol. The smallest absolute Gasteiger partial charge is 0.249 e. The van der Waals surface area contributed by atoms with Gasteiger partial charge in [-0.1, -0.05) is 19.3 Å². The van der Waals surface area contributed by atoms with Crippen LogP contribution in [0.15, 0.2) is 0 Å². The number of carbonyl (C=O) groups is 1. The van der Waals surface area contributed by atoms with Crippen LogP contribution in [0.3, 0.4) is 0 Å². The lowest BCUT2D eigenvalue weighted by molar-refractivity contribution is -0.130. The van der Waals surface area contributed by atoms with Crippen LogP contribution in [-0.4, -0.2) is 25.2 Å². The summed E-state index contributed by atoms with van der Waals surface area (Å²) in [6.07, 6.45) is 5.17. The van der Waals surface area contributed by atoms with Gasteiger partial charge in [-0.25, -0.2) is 0 Å². The summed E-state index contributed by atoms with van der Waals surface area (Å²) in [4.78, 5) is 11.6. The minimum absolute atomic E-state index is 0.195. The molecule has 0 aromatic carbocycles. The third kappa shape index (κ3) is 3.49. The van der Waals surface area contributed by atoms with E-state index in [0.29, 0.717) is 5.92 Å². The van der Waals surface area contributed by atoms with Gasteiger partial charge in [-0.15, -0.1) is 0 Å². The van der Waals surface area contributed by atoms with Gasteiger partial charge in [-0.2, -0.15) is 5.26 Å². The number of nitrogens with one attached hydrogen (secondary N) is 1. The maximum atomic E-state index is 11.6. The Morgan fingerprint density at radius 1 is 1.44 bits per heavy atom. The van der Waals surface area contributed by atoms with E-state index in [1.807, 2.05) is 0 Å². The highest BCUT2D eigenvalue weighted by Crippen LogP contribution is 2.26. The number of methoxy groups -OCH3 is 1. The van der Waals surface area contributed by atoms with Gasteiger partial charge in [0.25, 0.3) is 0 Å².